The highest BCUT2D eigenvalue weighted by molar-refractivity contribution is 5.83. The molecule has 2 N–H and O–H groups in total. The second-order valence-electron chi connectivity index (χ2n) is 6.74. The molecular formula is C24H18N2O3. The second kappa shape index (κ2) is 7.20. The molecule has 0 unspecified atom stereocenters. The number of oxazole rings is 1. The lowest BCUT2D eigenvalue weighted by atomic mass is 10.1. The van der Waals surface area contributed by atoms with Gasteiger partial charge in [0.15, 0.2) is 5.58 Å². The summed E-state index contributed by atoms with van der Waals surface area (Å²) in [7, 11) is 0. The van der Waals surface area contributed by atoms with Crippen molar-refractivity contribution in [2.75, 3.05) is 5.73 Å². The number of hydrogen-bond donors (Lipinski definition) is 1. The summed E-state index contributed by atoms with van der Waals surface area (Å²) >= 11 is 0. The Balaban J connectivity index is 1.52. The molecule has 0 saturated heterocycles. The number of benzene rings is 3. The molecular weight excluding hydrogens is 364 g/mol. The van der Waals surface area contributed by atoms with Gasteiger partial charge in [0.05, 0.1) is 18.1 Å². The van der Waals surface area contributed by atoms with Gasteiger partial charge in [-0.05, 0) is 47.5 Å². The van der Waals surface area contributed by atoms with E-state index in [1.54, 1.807) is 18.6 Å². The number of hydrogen-bond acceptors (Lipinski definition) is 5. The van der Waals surface area contributed by atoms with Gasteiger partial charge in [-0.3, -0.25) is 0 Å². The number of aromatic nitrogens is 1. The molecule has 0 aliphatic carbocycles. The zero-order valence-corrected chi connectivity index (χ0v) is 15.5. The Bertz CT molecular complexity index is 1260. The number of nitrogens with zero attached hydrogens (tertiary/aromatic N) is 1. The molecule has 5 aromatic rings. The Morgan fingerprint density at radius 1 is 0.897 bits per heavy atom. The van der Waals surface area contributed by atoms with Crippen molar-refractivity contribution >= 4 is 16.8 Å². The molecule has 0 spiro atoms. The molecule has 0 aliphatic rings. The highest BCUT2D eigenvalue weighted by atomic mass is 16.5. The number of rotatable bonds is 5. The van der Waals surface area contributed by atoms with Crippen LogP contribution >= 0.6 is 0 Å². The first-order valence-electron chi connectivity index (χ1n) is 9.26. The predicted molar refractivity (Wildman–Crippen MR) is 112 cm³/mol. The number of ether oxygens (including phenoxy) is 1. The summed E-state index contributed by atoms with van der Waals surface area (Å²) in [4.78, 5) is 4.70. The summed E-state index contributed by atoms with van der Waals surface area (Å²) in [6.45, 7) is 0.381. The Labute approximate surface area is 167 Å². The van der Waals surface area contributed by atoms with Crippen molar-refractivity contribution in [1.29, 1.82) is 0 Å². The first-order valence-corrected chi connectivity index (χ1v) is 9.26. The van der Waals surface area contributed by atoms with Gasteiger partial charge in [0.25, 0.3) is 0 Å². The molecule has 0 radical (unpaired) electrons. The fourth-order valence-corrected chi connectivity index (χ4v) is 3.23. The monoisotopic (exact) mass is 382 g/mol. The van der Waals surface area contributed by atoms with Crippen LogP contribution in [-0.4, -0.2) is 4.98 Å². The molecule has 3 aromatic carbocycles. The second-order valence-corrected chi connectivity index (χ2v) is 6.74. The van der Waals surface area contributed by atoms with Gasteiger partial charge in [-0.25, -0.2) is 4.98 Å². The van der Waals surface area contributed by atoms with E-state index in [4.69, 9.17) is 24.3 Å². The number of fused-ring (bicyclic) bond motifs is 1. The Kier molecular flexibility index (Phi) is 4.26. The van der Waals surface area contributed by atoms with Crippen molar-refractivity contribution in [1.82, 2.24) is 4.98 Å². The highest BCUT2D eigenvalue weighted by Gasteiger charge is 2.15. The fraction of sp³-hybridized carbons (Fsp3) is 0.0417. The van der Waals surface area contributed by atoms with E-state index in [2.05, 4.69) is 12.1 Å². The summed E-state index contributed by atoms with van der Waals surface area (Å²) in [6.07, 6.45) is 3.27. The van der Waals surface area contributed by atoms with Crippen LogP contribution in [0.4, 0.5) is 5.69 Å². The standard InChI is InChI=1S/C24H18N2O3/c25-19-7-9-22(28-15-16-10-11-27-14-16)20(13-19)24-26-21-12-18(6-8-23(21)29-24)17-4-2-1-3-5-17/h1-14H,15,25H2. The fourth-order valence-electron chi connectivity index (χ4n) is 3.23. The van der Waals surface area contributed by atoms with E-state index in [1.807, 2.05) is 54.6 Å². The minimum absolute atomic E-state index is 0.381. The molecule has 0 atom stereocenters. The largest absolute Gasteiger partial charge is 0.488 e. The number of furan rings is 1. The molecule has 5 heteroatoms. The topological polar surface area (TPSA) is 74.4 Å². The van der Waals surface area contributed by atoms with Crippen molar-refractivity contribution in [2.24, 2.45) is 0 Å². The molecule has 0 amide bonds. The maximum Gasteiger partial charge on any atom is 0.231 e. The molecule has 2 heterocycles. The van der Waals surface area contributed by atoms with E-state index < -0.39 is 0 Å². The minimum atomic E-state index is 0.381. The van der Waals surface area contributed by atoms with E-state index >= 15 is 0 Å². The van der Waals surface area contributed by atoms with Crippen LogP contribution in [0, 0.1) is 0 Å². The maximum atomic E-state index is 6.01. The lowest BCUT2D eigenvalue weighted by Gasteiger charge is -2.09. The Morgan fingerprint density at radius 2 is 1.79 bits per heavy atom. The summed E-state index contributed by atoms with van der Waals surface area (Å²) in [5.74, 6) is 1.12. The summed E-state index contributed by atoms with van der Waals surface area (Å²) in [6, 6.07) is 23.5. The van der Waals surface area contributed by atoms with Gasteiger partial charge >= 0.3 is 0 Å². The van der Waals surface area contributed by atoms with Crippen molar-refractivity contribution < 1.29 is 13.6 Å². The third-order valence-corrected chi connectivity index (χ3v) is 4.70. The van der Waals surface area contributed by atoms with Crippen LogP contribution in [0.15, 0.2) is 94.2 Å². The Morgan fingerprint density at radius 3 is 2.62 bits per heavy atom. The van der Waals surface area contributed by atoms with Crippen LogP contribution in [0.2, 0.25) is 0 Å². The highest BCUT2D eigenvalue weighted by Crippen LogP contribution is 2.35. The van der Waals surface area contributed by atoms with Crippen LogP contribution in [-0.2, 0) is 6.61 Å². The first-order chi connectivity index (χ1) is 14.3. The molecule has 0 fully saturated rings. The van der Waals surface area contributed by atoms with Crippen molar-refractivity contribution in [2.45, 2.75) is 6.61 Å². The minimum Gasteiger partial charge on any atom is -0.488 e. The lowest BCUT2D eigenvalue weighted by molar-refractivity contribution is 0.305. The average Bonchev–Trinajstić information content (AvgIpc) is 3.42. The molecule has 5 nitrogen and oxygen atoms in total. The molecule has 29 heavy (non-hydrogen) atoms. The maximum absolute atomic E-state index is 6.01. The predicted octanol–water partition coefficient (Wildman–Crippen LogP) is 5.92. The van der Waals surface area contributed by atoms with E-state index in [9.17, 15) is 0 Å². The summed E-state index contributed by atoms with van der Waals surface area (Å²) in [5, 5.41) is 0. The summed E-state index contributed by atoms with van der Waals surface area (Å²) < 4.78 is 17.1. The van der Waals surface area contributed by atoms with Crippen molar-refractivity contribution in [3.63, 3.8) is 0 Å². The number of anilines is 1. The van der Waals surface area contributed by atoms with E-state index in [-0.39, 0.29) is 0 Å². The van der Waals surface area contributed by atoms with Crippen LogP contribution in [0.25, 0.3) is 33.7 Å². The van der Waals surface area contributed by atoms with Gasteiger partial charge in [0, 0.05) is 11.3 Å². The average molecular weight is 382 g/mol. The van der Waals surface area contributed by atoms with Crippen molar-refractivity contribution in [3.8, 4) is 28.3 Å². The zero-order chi connectivity index (χ0) is 19.6. The van der Waals surface area contributed by atoms with Gasteiger partial charge in [0.1, 0.15) is 17.9 Å². The van der Waals surface area contributed by atoms with E-state index in [1.165, 1.54) is 0 Å². The van der Waals surface area contributed by atoms with Gasteiger partial charge in [-0.2, -0.15) is 0 Å². The third kappa shape index (κ3) is 3.46. The first kappa shape index (κ1) is 17.1. The molecule has 0 saturated carbocycles. The van der Waals surface area contributed by atoms with Gasteiger partial charge in [0.2, 0.25) is 5.89 Å². The van der Waals surface area contributed by atoms with Crippen molar-refractivity contribution in [3.05, 3.63) is 90.9 Å². The lowest BCUT2D eigenvalue weighted by Crippen LogP contribution is -1.97. The van der Waals surface area contributed by atoms with Gasteiger partial charge in [-0.1, -0.05) is 36.4 Å². The van der Waals surface area contributed by atoms with Gasteiger partial charge < -0.3 is 19.3 Å². The molecule has 2 aromatic heterocycles. The number of nitrogen functional groups attached to an aromatic ring is 1. The van der Waals surface area contributed by atoms with Gasteiger partial charge in [-0.15, -0.1) is 0 Å². The zero-order valence-electron chi connectivity index (χ0n) is 15.5. The normalized spacial score (nSPS) is 11.0. The quantitative estimate of drug-likeness (QED) is 0.382. The molecule has 5 rings (SSSR count). The summed E-state index contributed by atoms with van der Waals surface area (Å²) in [5.41, 5.74) is 12.0. The van der Waals surface area contributed by atoms with E-state index in [0.29, 0.717) is 35.1 Å². The SMILES string of the molecule is Nc1ccc(OCc2ccoc2)c(-c2nc3cc(-c4ccccc4)ccc3o2)c1. The van der Waals surface area contributed by atoms with Crippen LogP contribution in [0.3, 0.4) is 0 Å². The van der Waals surface area contributed by atoms with Crippen LogP contribution in [0.5, 0.6) is 5.75 Å². The van der Waals surface area contributed by atoms with Crippen LogP contribution in [0.1, 0.15) is 5.56 Å². The smallest absolute Gasteiger partial charge is 0.231 e. The van der Waals surface area contributed by atoms with Crippen LogP contribution < -0.4 is 10.5 Å². The number of nitrogens with two attached hydrogens (primary N) is 1. The molecule has 0 aliphatic heterocycles. The third-order valence-electron chi connectivity index (χ3n) is 4.70. The molecule has 0 bridgehead atoms. The molecule has 142 valence electrons. The Hall–Kier alpha value is -3.99. The van der Waals surface area contributed by atoms with E-state index in [0.717, 1.165) is 22.2 Å².